The van der Waals surface area contributed by atoms with E-state index in [0.29, 0.717) is 13.2 Å². The second-order valence-corrected chi connectivity index (χ2v) is 6.44. The van der Waals surface area contributed by atoms with Gasteiger partial charge in [0.15, 0.2) is 5.69 Å². The SMILES string of the molecule is Cc1ccc(CNC(=O)Cn2cc(C(=O)O)nn2)c(OCC2CCCO2)c1. The molecule has 27 heavy (non-hydrogen) atoms. The van der Waals surface area contributed by atoms with E-state index in [1.165, 1.54) is 10.9 Å². The van der Waals surface area contributed by atoms with Crippen molar-refractivity contribution < 1.29 is 24.2 Å². The Hall–Kier alpha value is -2.94. The lowest BCUT2D eigenvalue weighted by Gasteiger charge is -2.16. The first kappa shape index (κ1) is 18.8. The van der Waals surface area contributed by atoms with Gasteiger partial charge in [-0.05, 0) is 31.4 Å². The molecule has 9 nitrogen and oxygen atoms in total. The summed E-state index contributed by atoms with van der Waals surface area (Å²) < 4.78 is 12.7. The van der Waals surface area contributed by atoms with Gasteiger partial charge in [0.05, 0.1) is 12.3 Å². The number of amides is 1. The molecule has 1 amide bonds. The van der Waals surface area contributed by atoms with Crippen LogP contribution >= 0.6 is 0 Å². The lowest BCUT2D eigenvalue weighted by molar-refractivity contribution is -0.122. The van der Waals surface area contributed by atoms with Crippen LogP contribution in [0.5, 0.6) is 5.75 Å². The second-order valence-electron chi connectivity index (χ2n) is 6.44. The van der Waals surface area contributed by atoms with Gasteiger partial charge in [-0.2, -0.15) is 0 Å². The molecule has 1 aromatic carbocycles. The van der Waals surface area contributed by atoms with E-state index in [1.807, 2.05) is 25.1 Å². The molecule has 1 aliphatic heterocycles. The first-order valence-electron chi connectivity index (χ1n) is 8.75. The highest BCUT2D eigenvalue weighted by molar-refractivity contribution is 5.84. The highest BCUT2D eigenvalue weighted by Gasteiger charge is 2.17. The van der Waals surface area contributed by atoms with Crippen molar-refractivity contribution in [2.45, 2.75) is 39.0 Å². The number of aryl methyl sites for hydroxylation is 1. The Bertz CT molecular complexity index is 814. The minimum absolute atomic E-state index is 0.113. The van der Waals surface area contributed by atoms with Gasteiger partial charge >= 0.3 is 5.97 Å². The molecule has 2 heterocycles. The highest BCUT2D eigenvalue weighted by atomic mass is 16.5. The molecule has 2 N–H and O–H groups in total. The third kappa shape index (κ3) is 5.27. The molecule has 1 fully saturated rings. The zero-order valence-electron chi connectivity index (χ0n) is 15.1. The molecule has 1 aromatic heterocycles. The molecule has 1 atom stereocenters. The molecule has 2 aromatic rings. The predicted molar refractivity (Wildman–Crippen MR) is 94.5 cm³/mol. The lowest BCUT2D eigenvalue weighted by atomic mass is 10.1. The average Bonchev–Trinajstić information content (AvgIpc) is 3.31. The normalized spacial score (nSPS) is 16.3. The maximum atomic E-state index is 12.1. The van der Waals surface area contributed by atoms with Crippen LogP contribution < -0.4 is 10.1 Å². The Kier molecular flexibility index (Phi) is 6.02. The molecule has 0 aliphatic carbocycles. The summed E-state index contributed by atoms with van der Waals surface area (Å²) in [6.45, 7) is 3.42. The fourth-order valence-corrected chi connectivity index (χ4v) is 2.77. The first-order valence-corrected chi connectivity index (χ1v) is 8.75. The van der Waals surface area contributed by atoms with Crippen molar-refractivity contribution >= 4 is 11.9 Å². The minimum Gasteiger partial charge on any atom is -0.491 e. The Morgan fingerprint density at radius 3 is 3.00 bits per heavy atom. The van der Waals surface area contributed by atoms with E-state index in [1.54, 1.807) is 0 Å². The largest absolute Gasteiger partial charge is 0.491 e. The van der Waals surface area contributed by atoms with E-state index in [4.69, 9.17) is 14.6 Å². The van der Waals surface area contributed by atoms with E-state index in [2.05, 4.69) is 15.6 Å². The Morgan fingerprint density at radius 1 is 1.44 bits per heavy atom. The van der Waals surface area contributed by atoms with E-state index >= 15 is 0 Å². The number of nitrogens with one attached hydrogen (secondary N) is 1. The number of carboxylic acid groups (broad SMARTS) is 1. The number of rotatable bonds is 8. The summed E-state index contributed by atoms with van der Waals surface area (Å²) in [5.74, 6) is -0.767. The van der Waals surface area contributed by atoms with Crippen LogP contribution in [0.1, 0.15) is 34.5 Å². The summed E-state index contributed by atoms with van der Waals surface area (Å²) in [4.78, 5) is 22.9. The molecule has 1 aliphatic rings. The number of aromatic nitrogens is 3. The van der Waals surface area contributed by atoms with Gasteiger partial charge in [0, 0.05) is 18.7 Å². The van der Waals surface area contributed by atoms with Gasteiger partial charge < -0.3 is 19.9 Å². The summed E-state index contributed by atoms with van der Waals surface area (Å²) >= 11 is 0. The van der Waals surface area contributed by atoms with Crippen molar-refractivity contribution in [1.82, 2.24) is 20.3 Å². The molecule has 0 radical (unpaired) electrons. The Morgan fingerprint density at radius 2 is 2.30 bits per heavy atom. The van der Waals surface area contributed by atoms with Gasteiger partial charge in [-0.15, -0.1) is 5.10 Å². The number of carbonyl (C=O) groups excluding carboxylic acids is 1. The topological polar surface area (TPSA) is 116 Å². The third-order valence-electron chi connectivity index (χ3n) is 4.21. The monoisotopic (exact) mass is 374 g/mol. The average molecular weight is 374 g/mol. The van der Waals surface area contributed by atoms with Crippen LogP contribution in [0, 0.1) is 6.92 Å². The maximum Gasteiger partial charge on any atom is 0.358 e. The number of ether oxygens (including phenoxy) is 2. The van der Waals surface area contributed by atoms with Crippen LogP contribution in [-0.4, -0.2) is 51.3 Å². The summed E-state index contributed by atoms with van der Waals surface area (Å²) in [5.41, 5.74) is 1.72. The molecule has 0 spiro atoms. The van der Waals surface area contributed by atoms with Crippen molar-refractivity contribution in [3.05, 3.63) is 41.2 Å². The zero-order valence-corrected chi connectivity index (χ0v) is 15.1. The van der Waals surface area contributed by atoms with Gasteiger partial charge in [0.2, 0.25) is 5.91 Å². The number of hydrogen-bond donors (Lipinski definition) is 2. The number of nitrogens with zero attached hydrogens (tertiary/aromatic N) is 3. The molecule has 0 bridgehead atoms. The summed E-state index contributed by atoms with van der Waals surface area (Å²) in [5, 5.41) is 18.7. The molecule has 0 saturated carbocycles. The quantitative estimate of drug-likeness (QED) is 0.712. The van der Waals surface area contributed by atoms with E-state index < -0.39 is 5.97 Å². The Labute approximate surface area is 156 Å². The van der Waals surface area contributed by atoms with Gasteiger partial charge in [0.1, 0.15) is 18.9 Å². The molecular formula is C18H22N4O5. The van der Waals surface area contributed by atoms with Crippen LogP contribution in [-0.2, 0) is 22.6 Å². The number of benzene rings is 1. The minimum atomic E-state index is -1.19. The van der Waals surface area contributed by atoms with Gasteiger partial charge in [-0.3, -0.25) is 4.79 Å². The van der Waals surface area contributed by atoms with Gasteiger partial charge in [-0.1, -0.05) is 17.3 Å². The molecule has 9 heteroatoms. The van der Waals surface area contributed by atoms with E-state index in [-0.39, 0.29) is 24.2 Å². The fourth-order valence-electron chi connectivity index (χ4n) is 2.77. The number of carbonyl (C=O) groups is 2. The van der Waals surface area contributed by atoms with Crippen LogP contribution in [0.25, 0.3) is 0 Å². The summed E-state index contributed by atoms with van der Waals surface area (Å²) in [6, 6.07) is 5.81. The lowest BCUT2D eigenvalue weighted by Crippen LogP contribution is -2.27. The van der Waals surface area contributed by atoms with E-state index in [9.17, 15) is 9.59 Å². The zero-order chi connectivity index (χ0) is 19.2. The van der Waals surface area contributed by atoms with Gasteiger partial charge in [-0.25, -0.2) is 9.48 Å². The first-order chi connectivity index (χ1) is 13.0. The van der Waals surface area contributed by atoms with E-state index in [0.717, 1.165) is 36.3 Å². The fraction of sp³-hybridized carbons (Fsp3) is 0.444. The molecule has 144 valence electrons. The Balaban J connectivity index is 1.55. The molecule has 1 saturated heterocycles. The highest BCUT2D eigenvalue weighted by Crippen LogP contribution is 2.22. The molecule has 1 unspecified atom stereocenters. The van der Waals surface area contributed by atoms with Crippen molar-refractivity contribution in [2.75, 3.05) is 13.2 Å². The van der Waals surface area contributed by atoms with Crippen molar-refractivity contribution in [3.63, 3.8) is 0 Å². The second kappa shape index (κ2) is 8.63. The number of carboxylic acids is 1. The number of aromatic carboxylic acids is 1. The van der Waals surface area contributed by atoms with Gasteiger partial charge in [0.25, 0.3) is 0 Å². The molecule has 3 rings (SSSR count). The van der Waals surface area contributed by atoms with Crippen LogP contribution in [0.2, 0.25) is 0 Å². The summed E-state index contributed by atoms with van der Waals surface area (Å²) in [6.07, 6.45) is 3.37. The van der Waals surface area contributed by atoms with Crippen molar-refractivity contribution in [3.8, 4) is 5.75 Å². The van der Waals surface area contributed by atoms with Crippen LogP contribution in [0.4, 0.5) is 0 Å². The summed E-state index contributed by atoms with van der Waals surface area (Å²) in [7, 11) is 0. The standard InChI is InChI=1S/C18H22N4O5/c1-12-4-5-13(16(7-12)27-11-14-3-2-6-26-14)8-19-17(23)10-22-9-15(18(24)25)20-21-22/h4-5,7,9,14H,2-3,6,8,10-11H2,1H3,(H,19,23)(H,24,25). The van der Waals surface area contributed by atoms with Crippen LogP contribution in [0.15, 0.2) is 24.4 Å². The predicted octanol–water partition coefficient (Wildman–Crippen LogP) is 1.16. The van der Waals surface area contributed by atoms with Crippen LogP contribution in [0.3, 0.4) is 0 Å². The third-order valence-corrected chi connectivity index (χ3v) is 4.21. The smallest absolute Gasteiger partial charge is 0.358 e. The maximum absolute atomic E-state index is 12.1. The number of hydrogen-bond acceptors (Lipinski definition) is 6. The van der Waals surface area contributed by atoms with Crippen molar-refractivity contribution in [2.24, 2.45) is 0 Å². The van der Waals surface area contributed by atoms with Crippen molar-refractivity contribution in [1.29, 1.82) is 0 Å². The molecular weight excluding hydrogens is 352 g/mol.